The lowest BCUT2D eigenvalue weighted by Crippen LogP contribution is -2.11. The fourth-order valence-corrected chi connectivity index (χ4v) is 4.35. The van der Waals surface area contributed by atoms with Crippen molar-refractivity contribution in [2.75, 3.05) is 0 Å². The molecule has 0 aromatic heterocycles. The van der Waals surface area contributed by atoms with Gasteiger partial charge in [-0.3, -0.25) is 4.99 Å². The quantitative estimate of drug-likeness (QED) is 0.454. The Labute approximate surface area is 177 Å². The van der Waals surface area contributed by atoms with Gasteiger partial charge in [0, 0.05) is 5.71 Å². The third-order valence-corrected chi connectivity index (χ3v) is 6.66. The number of aliphatic imine (C=N–C) groups is 1. The molecular formula is C23H17F4NO2S. The Bertz CT molecular complexity index is 1220. The second kappa shape index (κ2) is 8.26. The summed E-state index contributed by atoms with van der Waals surface area (Å²) >= 11 is 0. The van der Waals surface area contributed by atoms with Crippen molar-refractivity contribution in [1.29, 1.82) is 0 Å². The predicted molar refractivity (Wildman–Crippen MR) is 110 cm³/mol. The molecule has 0 saturated carbocycles. The number of hydrogen-bond donors (Lipinski definition) is 0. The van der Waals surface area contributed by atoms with Crippen LogP contribution in [0.5, 0.6) is 0 Å². The van der Waals surface area contributed by atoms with Crippen molar-refractivity contribution in [3.63, 3.8) is 0 Å². The Kier molecular flexibility index (Phi) is 5.66. The highest BCUT2D eigenvalue weighted by molar-refractivity contribution is 7.91. The molecule has 3 nitrogen and oxygen atoms in total. The summed E-state index contributed by atoms with van der Waals surface area (Å²) in [6.45, 7) is 0. The zero-order chi connectivity index (χ0) is 22.2. The van der Waals surface area contributed by atoms with E-state index in [1.165, 1.54) is 30.3 Å². The Morgan fingerprint density at radius 1 is 0.839 bits per heavy atom. The molecule has 1 aliphatic heterocycles. The summed E-state index contributed by atoms with van der Waals surface area (Å²) in [6.07, 6.45) is 1.09. The largest absolute Gasteiger partial charge is 0.341 e. The molecule has 1 aliphatic rings. The van der Waals surface area contributed by atoms with E-state index in [1.807, 2.05) is 24.3 Å². The average Bonchev–Trinajstić information content (AvgIpc) is 3.23. The Morgan fingerprint density at radius 3 is 1.94 bits per heavy atom. The minimum atomic E-state index is -4.63. The van der Waals surface area contributed by atoms with Crippen LogP contribution in [0.4, 0.5) is 17.6 Å². The summed E-state index contributed by atoms with van der Waals surface area (Å²) in [5.74, 6) is -4.73. The summed E-state index contributed by atoms with van der Waals surface area (Å²) < 4.78 is 76.4. The second-order valence-electron chi connectivity index (χ2n) is 7.18. The molecule has 4 rings (SSSR count). The summed E-state index contributed by atoms with van der Waals surface area (Å²) in [7, 11) is -4.63. The van der Waals surface area contributed by atoms with Gasteiger partial charge in [0.2, 0.25) is 9.84 Å². The Morgan fingerprint density at radius 2 is 1.39 bits per heavy atom. The molecule has 0 N–H and O–H groups in total. The smallest absolute Gasteiger partial charge is 0.281 e. The van der Waals surface area contributed by atoms with Crippen LogP contribution in [0.2, 0.25) is 0 Å². The van der Waals surface area contributed by atoms with Gasteiger partial charge in [-0.2, -0.15) is 8.78 Å². The summed E-state index contributed by atoms with van der Waals surface area (Å²) in [6, 6.07) is 16.1. The third-order valence-electron chi connectivity index (χ3n) is 5.26. The van der Waals surface area contributed by atoms with Gasteiger partial charge in [-0.25, -0.2) is 17.2 Å². The molecule has 0 fully saturated rings. The number of alkyl halides is 2. The highest BCUT2D eigenvalue weighted by Gasteiger charge is 2.26. The normalized spacial score (nSPS) is 16.5. The van der Waals surface area contributed by atoms with Gasteiger partial charge >= 0.3 is 5.76 Å². The van der Waals surface area contributed by atoms with Gasteiger partial charge in [0.1, 0.15) is 11.6 Å². The Hall–Kier alpha value is -3.00. The van der Waals surface area contributed by atoms with Crippen LogP contribution in [0.3, 0.4) is 0 Å². The molecule has 0 aliphatic carbocycles. The van der Waals surface area contributed by atoms with Gasteiger partial charge in [-0.1, -0.05) is 42.5 Å². The monoisotopic (exact) mass is 447 g/mol. The van der Waals surface area contributed by atoms with Gasteiger partial charge in [-0.15, -0.1) is 0 Å². The minimum absolute atomic E-state index is 0.0829. The molecule has 8 heteroatoms. The first kappa shape index (κ1) is 21.2. The van der Waals surface area contributed by atoms with Gasteiger partial charge < -0.3 is 0 Å². The molecule has 3 aromatic rings. The minimum Gasteiger partial charge on any atom is -0.281 e. The standard InChI is InChI=1S/C23H17F4NO2S/c24-18-2-1-3-19(25)22(18)21-13-12-20(28-21)16-6-4-14(5-7-16)15-8-10-17(11-9-15)31(29,30)23(26)27/h1-11,20,23H,12-13H2/t20-/m1/s1. The summed E-state index contributed by atoms with van der Waals surface area (Å²) in [5, 5.41) is 0. The van der Waals surface area contributed by atoms with Crippen molar-refractivity contribution in [3.8, 4) is 11.1 Å². The SMILES string of the molecule is O=S(=O)(c1ccc(-c2ccc([C@H]3CCC(c4c(F)cccc4F)=N3)cc2)cc1)C(F)F. The van der Waals surface area contributed by atoms with Crippen LogP contribution in [0.25, 0.3) is 11.1 Å². The molecular weight excluding hydrogens is 430 g/mol. The zero-order valence-corrected chi connectivity index (χ0v) is 16.9. The van der Waals surface area contributed by atoms with Crippen LogP contribution in [0.15, 0.2) is 76.6 Å². The van der Waals surface area contributed by atoms with Crippen LogP contribution in [-0.4, -0.2) is 19.9 Å². The molecule has 0 amide bonds. The second-order valence-corrected chi connectivity index (χ2v) is 9.10. The van der Waals surface area contributed by atoms with Crippen molar-refractivity contribution in [3.05, 3.63) is 89.5 Å². The van der Waals surface area contributed by atoms with E-state index in [-0.39, 0.29) is 11.6 Å². The Balaban J connectivity index is 1.55. The van der Waals surface area contributed by atoms with Gasteiger partial charge in [0.15, 0.2) is 0 Å². The molecule has 0 bridgehead atoms. The lowest BCUT2D eigenvalue weighted by atomic mass is 9.99. The summed E-state index contributed by atoms with van der Waals surface area (Å²) in [5.41, 5.74) is 2.64. The van der Waals surface area contributed by atoms with Crippen LogP contribution >= 0.6 is 0 Å². The van der Waals surface area contributed by atoms with E-state index >= 15 is 0 Å². The van der Waals surface area contributed by atoms with E-state index in [2.05, 4.69) is 4.99 Å². The van der Waals surface area contributed by atoms with Gasteiger partial charge in [-0.05, 0) is 53.8 Å². The molecule has 0 unspecified atom stereocenters. The number of nitrogens with zero attached hydrogens (tertiary/aromatic N) is 1. The number of rotatable bonds is 5. The fraction of sp³-hybridized carbons (Fsp3) is 0.174. The van der Waals surface area contributed by atoms with Crippen molar-refractivity contribution < 1.29 is 26.0 Å². The van der Waals surface area contributed by atoms with E-state index < -0.39 is 32.1 Å². The van der Waals surface area contributed by atoms with E-state index in [0.717, 1.165) is 23.3 Å². The maximum Gasteiger partial charge on any atom is 0.341 e. The van der Waals surface area contributed by atoms with E-state index in [9.17, 15) is 26.0 Å². The predicted octanol–water partition coefficient (Wildman–Crippen LogP) is 5.95. The lowest BCUT2D eigenvalue weighted by molar-refractivity contribution is 0.234. The zero-order valence-electron chi connectivity index (χ0n) is 16.1. The highest BCUT2D eigenvalue weighted by Crippen LogP contribution is 2.33. The maximum absolute atomic E-state index is 14.0. The van der Waals surface area contributed by atoms with E-state index in [1.54, 1.807) is 0 Å². The molecule has 31 heavy (non-hydrogen) atoms. The first-order chi connectivity index (χ1) is 14.8. The maximum atomic E-state index is 14.0. The van der Waals surface area contributed by atoms with E-state index in [0.29, 0.717) is 24.1 Å². The van der Waals surface area contributed by atoms with Crippen LogP contribution in [0, 0.1) is 11.6 Å². The molecule has 1 heterocycles. The van der Waals surface area contributed by atoms with Crippen molar-refractivity contribution in [2.45, 2.75) is 29.5 Å². The van der Waals surface area contributed by atoms with Gasteiger partial charge in [0.25, 0.3) is 0 Å². The van der Waals surface area contributed by atoms with Crippen molar-refractivity contribution >= 4 is 15.5 Å². The molecule has 160 valence electrons. The first-order valence-electron chi connectivity index (χ1n) is 9.51. The van der Waals surface area contributed by atoms with Crippen LogP contribution in [-0.2, 0) is 9.84 Å². The lowest BCUT2D eigenvalue weighted by Gasteiger charge is -2.09. The summed E-state index contributed by atoms with van der Waals surface area (Å²) in [4.78, 5) is 4.07. The van der Waals surface area contributed by atoms with Gasteiger partial charge in [0.05, 0.1) is 16.5 Å². The topological polar surface area (TPSA) is 46.5 Å². The number of hydrogen-bond acceptors (Lipinski definition) is 3. The molecule has 0 radical (unpaired) electrons. The van der Waals surface area contributed by atoms with Crippen LogP contribution in [0.1, 0.15) is 30.0 Å². The third kappa shape index (κ3) is 4.12. The van der Waals surface area contributed by atoms with E-state index in [4.69, 9.17) is 0 Å². The van der Waals surface area contributed by atoms with Crippen molar-refractivity contribution in [1.82, 2.24) is 0 Å². The molecule has 3 aromatic carbocycles. The number of benzene rings is 3. The number of sulfone groups is 1. The average molecular weight is 447 g/mol. The van der Waals surface area contributed by atoms with Crippen molar-refractivity contribution in [2.24, 2.45) is 4.99 Å². The highest BCUT2D eigenvalue weighted by atomic mass is 32.2. The molecule has 1 atom stereocenters. The van der Waals surface area contributed by atoms with Crippen LogP contribution < -0.4 is 0 Å². The fourth-order valence-electron chi connectivity index (χ4n) is 3.63. The number of halogens is 4. The molecule has 0 spiro atoms. The first-order valence-corrected chi connectivity index (χ1v) is 11.1. The molecule has 0 saturated heterocycles.